The van der Waals surface area contributed by atoms with Crippen LogP contribution >= 0.6 is 11.6 Å². The van der Waals surface area contributed by atoms with Crippen molar-refractivity contribution < 1.29 is 17.6 Å². The zero-order valence-electron chi connectivity index (χ0n) is 11.3. The third kappa shape index (κ3) is 3.91. The summed E-state index contributed by atoms with van der Waals surface area (Å²) in [5.74, 6) is -1.68. The minimum absolute atomic E-state index is 0.140. The Morgan fingerprint density at radius 1 is 1.45 bits per heavy atom. The van der Waals surface area contributed by atoms with E-state index < -0.39 is 32.2 Å². The van der Waals surface area contributed by atoms with E-state index in [-0.39, 0.29) is 10.6 Å². The highest BCUT2D eigenvalue weighted by Crippen LogP contribution is 2.24. The molecule has 1 amide bonds. The first-order valence-corrected chi connectivity index (χ1v) is 7.74. The summed E-state index contributed by atoms with van der Waals surface area (Å²) in [6.45, 7) is 5.47. The predicted molar refractivity (Wildman–Crippen MR) is 74.6 cm³/mol. The number of carbonyl (C=O) groups is 1. The second-order valence-electron chi connectivity index (χ2n) is 5.00. The molecule has 0 aliphatic carbocycles. The maximum Gasteiger partial charge on any atom is 0.253 e. The third-order valence-electron chi connectivity index (χ3n) is 2.91. The number of primary sulfonamides is 1. The van der Waals surface area contributed by atoms with Crippen molar-refractivity contribution in [3.63, 3.8) is 0 Å². The fraction of sp³-hybridized carbons (Fsp3) is 0.417. The molecule has 0 aromatic heterocycles. The zero-order valence-corrected chi connectivity index (χ0v) is 12.9. The van der Waals surface area contributed by atoms with E-state index in [4.69, 9.17) is 16.7 Å². The molecular weight excluding hydrogens is 307 g/mol. The van der Waals surface area contributed by atoms with Crippen molar-refractivity contribution in [2.24, 2.45) is 5.14 Å². The highest BCUT2D eigenvalue weighted by molar-refractivity contribution is 7.89. The van der Waals surface area contributed by atoms with Gasteiger partial charge in [-0.25, -0.2) is 17.9 Å². The van der Waals surface area contributed by atoms with Gasteiger partial charge in [-0.15, -0.1) is 0 Å². The maximum absolute atomic E-state index is 13.5. The lowest BCUT2D eigenvalue weighted by Crippen LogP contribution is -2.43. The maximum atomic E-state index is 13.5. The highest BCUT2D eigenvalue weighted by atomic mass is 35.5. The van der Waals surface area contributed by atoms with Gasteiger partial charge in [0.1, 0.15) is 10.7 Å². The van der Waals surface area contributed by atoms with Crippen molar-refractivity contribution >= 4 is 27.5 Å². The van der Waals surface area contributed by atoms with Crippen LogP contribution in [0, 0.1) is 5.82 Å². The average Bonchev–Trinajstić information content (AvgIpc) is 2.26. The molecule has 112 valence electrons. The number of benzene rings is 1. The van der Waals surface area contributed by atoms with Crippen LogP contribution in [0.1, 0.15) is 37.6 Å². The number of carbonyl (C=O) groups excluding carboxylic acids is 1. The van der Waals surface area contributed by atoms with Crippen LogP contribution in [0.2, 0.25) is 5.02 Å². The topological polar surface area (TPSA) is 89.3 Å². The van der Waals surface area contributed by atoms with E-state index in [0.717, 1.165) is 12.1 Å². The van der Waals surface area contributed by atoms with Crippen LogP contribution in [-0.2, 0) is 10.0 Å². The normalized spacial score (nSPS) is 12.3. The summed E-state index contributed by atoms with van der Waals surface area (Å²) < 4.78 is 36.0. The van der Waals surface area contributed by atoms with Gasteiger partial charge in [-0.05, 0) is 32.4 Å². The molecule has 1 aromatic rings. The van der Waals surface area contributed by atoms with Crippen molar-refractivity contribution in [1.29, 1.82) is 0 Å². The van der Waals surface area contributed by atoms with Gasteiger partial charge in [-0.1, -0.05) is 18.5 Å². The van der Waals surface area contributed by atoms with Gasteiger partial charge in [-0.2, -0.15) is 0 Å². The van der Waals surface area contributed by atoms with Crippen molar-refractivity contribution in [3.05, 3.63) is 28.5 Å². The van der Waals surface area contributed by atoms with Gasteiger partial charge < -0.3 is 5.32 Å². The Morgan fingerprint density at radius 2 is 2.00 bits per heavy atom. The molecule has 0 unspecified atom stereocenters. The summed E-state index contributed by atoms with van der Waals surface area (Å²) in [5, 5.41) is 7.39. The van der Waals surface area contributed by atoms with Gasteiger partial charge in [0.15, 0.2) is 0 Å². The number of nitrogens with one attached hydrogen (secondary N) is 1. The van der Waals surface area contributed by atoms with Gasteiger partial charge in [0.05, 0.1) is 10.6 Å². The number of sulfonamides is 1. The van der Waals surface area contributed by atoms with Crippen molar-refractivity contribution in [3.8, 4) is 0 Å². The standard InChI is InChI=1S/C12H16ClFN2O3S/c1-4-12(2,3)16-11(17)7-5-10(20(15,18)19)9(14)6-8(7)13/h5-6H,4H2,1-3H3,(H,16,17)(H2,15,18,19). The van der Waals surface area contributed by atoms with E-state index in [2.05, 4.69) is 5.32 Å². The van der Waals surface area contributed by atoms with Crippen LogP contribution in [0.15, 0.2) is 17.0 Å². The molecular formula is C12H16ClFN2O3S. The molecule has 0 fully saturated rings. The molecule has 20 heavy (non-hydrogen) atoms. The van der Waals surface area contributed by atoms with Crippen molar-refractivity contribution in [2.45, 2.75) is 37.6 Å². The van der Waals surface area contributed by atoms with Gasteiger partial charge >= 0.3 is 0 Å². The first-order valence-electron chi connectivity index (χ1n) is 5.82. The lowest BCUT2D eigenvalue weighted by atomic mass is 10.0. The fourth-order valence-corrected chi connectivity index (χ4v) is 2.23. The lowest BCUT2D eigenvalue weighted by molar-refractivity contribution is 0.0911. The summed E-state index contributed by atoms with van der Waals surface area (Å²) in [6, 6.07) is 1.60. The number of nitrogens with two attached hydrogens (primary N) is 1. The molecule has 8 heteroatoms. The molecule has 0 atom stereocenters. The summed E-state index contributed by atoms with van der Waals surface area (Å²) in [5.41, 5.74) is -0.644. The minimum Gasteiger partial charge on any atom is -0.347 e. The number of hydrogen-bond acceptors (Lipinski definition) is 3. The number of hydrogen-bond donors (Lipinski definition) is 2. The Morgan fingerprint density at radius 3 is 2.45 bits per heavy atom. The summed E-state index contributed by atoms with van der Waals surface area (Å²) >= 11 is 5.78. The number of halogens is 2. The van der Waals surface area contributed by atoms with Crippen LogP contribution in [0.5, 0.6) is 0 Å². The quantitative estimate of drug-likeness (QED) is 0.889. The Labute approximate surface area is 122 Å². The Kier molecular flexibility index (Phi) is 4.78. The summed E-state index contributed by atoms with van der Waals surface area (Å²) in [6.07, 6.45) is 0.652. The van der Waals surface area contributed by atoms with E-state index in [1.54, 1.807) is 13.8 Å². The predicted octanol–water partition coefficient (Wildman–Crippen LogP) is 2.04. The van der Waals surface area contributed by atoms with Gasteiger partial charge in [0.25, 0.3) is 5.91 Å². The van der Waals surface area contributed by atoms with Crippen LogP contribution in [0.3, 0.4) is 0 Å². The molecule has 1 aromatic carbocycles. The molecule has 0 saturated heterocycles. The molecule has 3 N–H and O–H groups in total. The zero-order chi connectivity index (χ0) is 15.7. The highest BCUT2D eigenvalue weighted by Gasteiger charge is 2.24. The molecule has 1 rings (SSSR count). The van der Waals surface area contributed by atoms with E-state index in [1.807, 2.05) is 6.92 Å². The fourth-order valence-electron chi connectivity index (χ4n) is 1.38. The number of amides is 1. The van der Waals surface area contributed by atoms with Crippen molar-refractivity contribution in [2.75, 3.05) is 0 Å². The molecule has 0 aliphatic rings. The second-order valence-corrected chi connectivity index (χ2v) is 6.94. The summed E-state index contributed by atoms with van der Waals surface area (Å²) in [4.78, 5) is 11.3. The molecule has 0 heterocycles. The Bertz CT molecular complexity index is 644. The van der Waals surface area contributed by atoms with Crippen LogP contribution < -0.4 is 10.5 Å². The van der Waals surface area contributed by atoms with E-state index in [0.29, 0.717) is 6.42 Å². The van der Waals surface area contributed by atoms with E-state index in [9.17, 15) is 17.6 Å². The summed E-state index contributed by atoms with van der Waals surface area (Å²) in [7, 11) is -4.27. The smallest absolute Gasteiger partial charge is 0.253 e. The monoisotopic (exact) mass is 322 g/mol. The Balaban J connectivity index is 3.30. The molecule has 0 spiro atoms. The molecule has 0 aliphatic heterocycles. The lowest BCUT2D eigenvalue weighted by Gasteiger charge is -2.24. The Hall–Kier alpha value is -1.18. The number of rotatable bonds is 4. The van der Waals surface area contributed by atoms with Crippen LogP contribution in [0.25, 0.3) is 0 Å². The first kappa shape index (κ1) is 16.9. The van der Waals surface area contributed by atoms with Crippen LogP contribution in [0.4, 0.5) is 4.39 Å². The molecule has 5 nitrogen and oxygen atoms in total. The van der Waals surface area contributed by atoms with E-state index in [1.165, 1.54) is 0 Å². The largest absolute Gasteiger partial charge is 0.347 e. The van der Waals surface area contributed by atoms with Gasteiger partial charge in [0, 0.05) is 5.54 Å². The SMILES string of the molecule is CCC(C)(C)NC(=O)c1cc(S(N)(=O)=O)c(F)cc1Cl. The minimum atomic E-state index is -4.27. The first-order chi connectivity index (χ1) is 8.98. The van der Waals surface area contributed by atoms with Crippen molar-refractivity contribution in [1.82, 2.24) is 5.32 Å². The van der Waals surface area contributed by atoms with E-state index >= 15 is 0 Å². The molecule has 0 bridgehead atoms. The van der Waals surface area contributed by atoms with Gasteiger partial charge in [0.2, 0.25) is 10.0 Å². The van der Waals surface area contributed by atoms with Crippen LogP contribution in [-0.4, -0.2) is 19.9 Å². The third-order valence-corrected chi connectivity index (χ3v) is 4.15. The average molecular weight is 323 g/mol. The van der Waals surface area contributed by atoms with Gasteiger partial charge in [-0.3, -0.25) is 4.79 Å². The molecule has 0 radical (unpaired) electrons. The second kappa shape index (κ2) is 5.67. The molecule has 0 saturated carbocycles.